The molecule has 0 spiro atoms. The first-order valence-electron chi connectivity index (χ1n) is 9.53. The fourth-order valence-electron chi connectivity index (χ4n) is 4.96. The van der Waals surface area contributed by atoms with E-state index < -0.39 is 29.0 Å². The maximum atomic E-state index is 13.3. The van der Waals surface area contributed by atoms with E-state index in [2.05, 4.69) is 20.6 Å². The minimum absolute atomic E-state index is 0.0316. The van der Waals surface area contributed by atoms with Crippen molar-refractivity contribution in [1.82, 2.24) is 9.97 Å². The number of carbonyl (C=O) groups excluding carboxylic acids is 1. The number of hydrogen-bond acceptors (Lipinski definition) is 6. The zero-order valence-corrected chi connectivity index (χ0v) is 15.5. The van der Waals surface area contributed by atoms with E-state index >= 15 is 0 Å². The van der Waals surface area contributed by atoms with Gasteiger partial charge in [-0.15, -0.1) is 0 Å². The number of rotatable bonds is 5. The summed E-state index contributed by atoms with van der Waals surface area (Å²) in [5, 5.41) is 15.9. The molecule has 1 atom stereocenters. The average Bonchev–Trinajstić information content (AvgIpc) is 2.59. The molecular formula is C18H24F3N5O2. The first-order valence-corrected chi connectivity index (χ1v) is 9.53. The highest BCUT2D eigenvalue weighted by Crippen LogP contribution is 2.77. The molecule has 0 saturated heterocycles. The van der Waals surface area contributed by atoms with Gasteiger partial charge >= 0.3 is 6.18 Å². The van der Waals surface area contributed by atoms with Crippen LogP contribution in [0, 0.1) is 11.3 Å². The third-order valence-electron chi connectivity index (χ3n) is 6.94. The first-order chi connectivity index (χ1) is 13.1. The number of hydrogen-bond donors (Lipinski definition) is 4. The predicted molar refractivity (Wildman–Crippen MR) is 95.7 cm³/mol. The molecule has 1 heterocycles. The number of anilines is 2. The van der Waals surface area contributed by atoms with Gasteiger partial charge in [0.25, 0.3) is 5.91 Å². The first kappa shape index (κ1) is 19.2. The Labute approximate surface area is 160 Å². The number of aromatic nitrogens is 2. The Bertz CT molecular complexity index is 786. The molecule has 5 rings (SSSR count). The van der Waals surface area contributed by atoms with Crippen LogP contribution in [0.4, 0.5) is 24.9 Å². The van der Waals surface area contributed by atoms with Crippen LogP contribution in [-0.2, 0) is 0 Å². The summed E-state index contributed by atoms with van der Waals surface area (Å²) in [5.41, 5.74) is 3.10. The Kier molecular flexibility index (Phi) is 4.26. The third-order valence-corrected chi connectivity index (χ3v) is 6.94. The van der Waals surface area contributed by atoms with Crippen molar-refractivity contribution in [3.05, 3.63) is 11.8 Å². The van der Waals surface area contributed by atoms with E-state index in [9.17, 15) is 23.1 Å². The zero-order valence-electron chi connectivity index (χ0n) is 15.5. The van der Waals surface area contributed by atoms with E-state index in [-0.39, 0.29) is 36.4 Å². The number of alkyl halides is 3. The molecule has 0 aliphatic heterocycles. The predicted octanol–water partition coefficient (Wildman–Crippen LogP) is 2.43. The number of nitrogens with zero attached hydrogens (tertiary/aromatic N) is 2. The van der Waals surface area contributed by atoms with Crippen LogP contribution in [0.1, 0.15) is 55.8 Å². The molecular weight excluding hydrogens is 375 g/mol. The van der Waals surface area contributed by atoms with E-state index in [4.69, 9.17) is 5.73 Å². The third kappa shape index (κ3) is 2.80. The fraction of sp³-hybridized carbons (Fsp3) is 0.722. The molecule has 28 heavy (non-hydrogen) atoms. The van der Waals surface area contributed by atoms with Gasteiger partial charge < -0.3 is 21.5 Å². The molecule has 4 aliphatic carbocycles. The lowest BCUT2D eigenvalue weighted by Crippen LogP contribution is -2.82. The Morgan fingerprint density at radius 1 is 1.29 bits per heavy atom. The Balaban J connectivity index is 1.51. The number of aliphatic hydroxyl groups excluding tert-OH is 1. The lowest BCUT2D eigenvalue weighted by atomic mass is 9.33. The van der Waals surface area contributed by atoms with Crippen molar-refractivity contribution in [3.8, 4) is 0 Å². The smallest absolute Gasteiger partial charge is 0.393 e. The maximum Gasteiger partial charge on any atom is 0.395 e. The number of halogens is 3. The summed E-state index contributed by atoms with van der Waals surface area (Å²) >= 11 is 0. The lowest BCUT2D eigenvalue weighted by molar-refractivity contribution is -0.360. The van der Waals surface area contributed by atoms with Crippen LogP contribution >= 0.6 is 0 Å². The molecule has 154 valence electrons. The zero-order chi connectivity index (χ0) is 20.3. The molecule has 4 saturated carbocycles. The number of carbonyl (C=O) groups is 1. The van der Waals surface area contributed by atoms with Crippen molar-refractivity contribution in [1.29, 1.82) is 0 Å². The summed E-state index contributed by atoms with van der Waals surface area (Å²) in [7, 11) is 0. The molecule has 4 fully saturated rings. The Morgan fingerprint density at radius 3 is 2.46 bits per heavy atom. The monoisotopic (exact) mass is 399 g/mol. The van der Waals surface area contributed by atoms with Crippen LogP contribution in [0.3, 0.4) is 0 Å². The van der Waals surface area contributed by atoms with Gasteiger partial charge in [0.05, 0.1) is 17.1 Å². The highest BCUT2D eigenvalue weighted by atomic mass is 19.4. The average molecular weight is 399 g/mol. The SMILES string of the molecule is C[C@@H]1C2(Nc3nc(N[C@H]4CC[C@H](O)CC4)ncc3C(N)=O)CC1(C(F)(F)F)C2. The van der Waals surface area contributed by atoms with E-state index in [1.165, 1.54) is 6.20 Å². The van der Waals surface area contributed by atoms with E-state index in [1.54, 1.807) is 6.92 Å². The summed E-state index contributed by atoms with van der Waals surface area (Å²) in [6, 6.07) is 0.0954. The van der Waals surface area contributed by atoms with Crippen LogP contribution in [-0.4, -0.2) is 44.8 Å². The topological polar surface area (TPSA) is 113 Å². The molecule has 1 amide bonds. The van der Waals surface area contributed by atoms with Crippen LogP contribution in [0.15, 0.2) is 6.20 Å². The molecule has 1 aromatic rings. The van der Waals surface area contributed by atoms with Crippen molar-refractivity contribution in [2.24, 2.45) is 17.1 Å². The largest absolute Gasteiger partial charge is 0.395 e. The number of aliphatic hydroxyl groups is 1. The van der Waals surface area contributed by atoms with Gasteiger partial charge in [-0.2, -0.15) is 18.2 Å². The summed E-state index contributed by atoms with van der Waals surface area (Å²) in [6.45, 7) is 1.57. The van der Waals surface area contributed by atoms with Gasteiger partial charge in [-0.25, -0.2) is 4.98 Å². The van der Waals surface area contributed by atoms with Crippen molar-refractivity contribution in [3.63, 3.8) is 0 Å². The highest BCUT2D eigenvalue weighted by molar-refractivity contribution is 5.97. The number of nitrogens with two attached hydrogens (primary N) is 1. The number of primary amides is 1. The van der Waals surface area contributed by atoms with Crippen LogP contribution in [0.2, 0.25) is 0 Å². The van der Waals surface area contributed by atoms with Gasteiger partial charge in [0.2, 0.25) is 5.95 Å². The van der Waals surface area contributed by atoms with Gasteiger partial charge in [-0.1, -0.05) is 6.92 Å². The minimum atomic E-state index is -4.23. The summed E-state index contributed by atoms with van der Waals surface area (Å²) in [5.74, 6) is -0.881. The van der Waals surface area contributed by atoms with Crippen molar-refractivity contribution in [2.75, 3.05) is 10.6 Å². The van der Waals surface area contributed by atoms with Crippen LogP contribution in [0.25, 0.3) is 0 Å². The maximum absolute atomic E-state index is 13.3. The van der Waals surface area contributed by atoms with E-state index in [0.29, 0.717) is 18.8 Å². The van der Waals surface area contributed by atoms with E-state index in [0.717, 1.165) is 12.8 Å². The van der Waals surface area contributed by atoms with Crippen molar-refractivity contribution >= 4 is 17.7 Å². The van der Waals surface area contributed by atoms with Gasteiger partial charge in [0, 0.05) is 17.8 Å². The molecule has 2 bridgehead atoms. The molecule has 1 aromatic heterocycles. The van der Waals surface area contributed by atoms with Gasteiger partial charge in [0.1, 0.15) is 5.82 Å². The molecule has 4 aliphatic rings. The summed E-state index contributed by atoms with van der Waals surface area (Å²) < 4.78 is 39.9. The van der Waals surface area contributed by atoms with Crippen LogP contribution < -0.4 is 16.4 Å². The summed E-state index contributed by atoms with van der Waals surface area (Å²) in [4.78, 5) is 20.2. The highest BCUT2D eigenvalue weighted by Gasteiger charge is 2.83. The molecule has 5 N–H and O–H groups in total. The van der Waals surface area contributed by atoms with E-state index in [1.807, 2.05) is 0 Å². The number of nitrogens with one attached hydrogen (secondary N) is 2. The lowest BCUT2D eigenvalue weighted by Gasteiger charge is -2.75. The molecule has 0 unspecified atom stereocenters. The second-order valence-electron chi connectivity index (χ2n) is 8.48. The minimum Gasteiger partial charge on any atom is -0.393 e. The normalized spacial score (nSPS) is 36.8. The molecule has 7 nitrogen and oxygen atoms in total. The molecule has 10 heteroatoms. The molecule has 0 aromatic carbocycles. The van der Waals surface area contributed by atoms with Crippen molar-refractivity contribution < 1.29 is 23.1 Å². The van der Waals surface area contributed by atoms with Crippen molar-refractivity contribution in [2.45, 2.75) is 69.3 Å². The second kappa shape index (κ2) is 6.20. The molecule has 0 radical (unpaired) electrons. The van der Waals surface area contributed by atoms with Gasteiger partial charge in [-0.05, 0) is 44.4 Å². The van der Waals surface area contributed by atoms with Gasteiger partial charge in [0.15, 0.2) is 0 Å². The fourth-order valence-corrected chi connectivity index (χ4v) is 4.96. The quantitative estimate of drug-likeness (QED) is 0.605. The second-order valence-corrected chi connectivity index (χ2v) is 8.48. The summed E-state index contributed by atoms with van der Waals surface area (Å²) in [6.07, 6.45) is -0.392. The van der Waals surface area contributed by atoms with Gasteiger partial charge in [-0.3, -0.25) is 4.79 Å². The Morgan fingerprint density at radius 2 is 1.93 bits per heavy atom. The van der Waals surface area contributed by atoms with Crippen LogP contribution in [0.5, 0.6) is 0 Å². The Hall–Kier alpha value is -2.10. The number of amides is 1. The standard InChI is InChI=1S/C18H24F3N5O2/c1-9-16(18(19,20)21)7-17(9,8-16)26-14-12(13(22)28)6-23-15(25-14)24-10-2-4-11(27)5-3-10/h6,9-11,27H,2-5,7-8H2,1H3,(H2,22,28)(H2,23,24,25,26)/t9-,10-,11-,16?,17?/m0/s1.